The second-order valence-corrected chi connectivity index (χ2v) is 13.9. The van der Waals surface area contributed by atoms with E-state index in [1.54, 1.807) is 0 Å². The molecule has 5 aromatic heterocycles. The number of para-hydroxylation sites is 3. The molecule has 7 aromatic carbocycles. The zero-order valence-corrected chi connectivity index (χ0v) is 28.5. The van der Waals surface area contributed by atoms with Crippen LogP contribution in [-0.4, -0.2) is 23.5 Å². The van der Waals surface area contributed by atoms with Crippen LogP contribution in [0.15, 0.2) is 176 Å². The minimum atomic E-state index is 0.723. The Hall–Kier alpha value is -7.24. The monoisotopic (exact) mass is 675 g/mol. The fourth-order valence-corrected chi connectivity index (χ4v) is 8.76. The van der Waals surface area contributed by atoms with Crippen LogP contribution in [0.3, 0.4) is 0 Å². The van der Waals surface area contributed by atoms with E-state index in [-0.39, 0.29) is 0 Å². The van der Waals surface area contributed by atoms with Gasteiger partial charge >= 0.3 is 0 Å². The lowest BCUT2D eigenvalue weighted by atomic mass is 10.0. The molecule has 0 saturated carbocycles. The van der Waals surface area contributed by atoms with E-state index in [1.807, 2.05) is 12.3 Å². The van der Waals surface area contributed by atoms with E-state index in [2.05, 4.69) is 182 Å². The van der Waals surface area contributed by atoms with Gasteiger partial charge in [0.25, 0.3) is 0 Å². The Morgan fingerprint density at radius 3 is 1.60 bits per heavy atom. The molecular weight excluding hydrogens is 647 g/mol. The Bertz CT molecular complexity index is 3390. The summed E-state index contributed by atoms with van der Waals surface area (Å²) in [5.74, 6) is 0.723. The van der Waals surface area contributed by atoms with Crippen LogP contribution in [0.1, 0.15) is 0 Å². The van der Waals surface area contributed by atoms with E-state index in [0.29, 0.717) is 0 Å². The molecule has 0 spiro atoms. The third-order valence-corrected chi connectivity index (χ3v) is 11.1. The molecule has 0 atom stereocenters. The third-order valence-electron chi connectivity index (χ3n) is 11.1. The maximum Gasteiger partial charge on any atom is 0.235 e. The molecule has 53 heavy (non-hydrogen) atoms. The molecule has 5 heteroatoms. The SMILES string of the molecule is c1ccc(-c2nc3nccc4c5cc(-n6c7ccccc7c7cc(-c8ccc9c(c8)c8ccccc8n9-c8ccccc8)ccc76)ccc5c2n34)cc1. The lowest BCUT2D eigenvalue weighted by Crippen LogP contribution is -1.94. The maximum atomic E-state index is 4.97. The van der Waals surface area contributed by atoms with Gasteiger partial charge in [-0.1, -0.05) is 103 Å². The first-order chi connectivity index (χ1) is 26.3. The number of fused-ring (bicyclic) bond motifs is 9. The number of nitrogens with zero attached hydrogens (tertiary/aromatic N) is 5. The first-order valence-electron chi connectivity index (χ1n) is 18.0. The van der Waals surface area contributed by atoms with E-state index in [1.165, 1.54) is 71.2 Å². The predicted molar refractivity (Wildman–Crippen MR) is 219 cm³/mol. The van der Waals surface area contributed by atoms with Gasteiger partial charge in [-0.15, -0.1) is 0 Å². The van der Waals surface area contributed by atoms with Crippen molar-refractivity contribution in [1.29, 1.82) is 0 Å². The normalized spacial score (nSPS) is 12.2. The molecule has 0 unspecified atom stereocenters. The van der Waals surface area contributed by atoms with Crippen LogP contribution in [0.25, 0.3) is 105 Å². The lowest BCUT2D eigenvalue weighted by molar-refractivity contribution is 1.18. The number of aromatic nitrogens is 5. The Kier molecular flexibility index (Phi) is 5.71. The van der Waals surface area contributed by atoms with Crippen LogP contribution in [0.2, 0.25) is 0 Å². The number of benzene rings is 7. The van der Waals surface area contributed by atoms with Gasteiger partial charge in [0, 0.05) is 55.5 Å². The van der Waals surface area contributed by atoms with Crippen molar-refractivity contribution in [1.82, 2.24) is 23.5 Å². The van der Waals surface area contributed by atoms with Gasteiger partial charge in [0.2, 0.25) is 5.78 Å². The molecule has 12 rings (SSSR count). The highest BCUT2D eigenvalue weighted by Gasteiger charge is 2.21. The number of rotatable bonds is 4. The van der Waals surface area contributed by atoms with Crippen molar-refractivity contribution in [3.63, 3.8) is 0 Å². The molecule has 0 N–H and O–H groups in total. The molecule has 0 aliphatic rings. The number of hydrogen-bond acceptors (Lipinski definition) is 2. The van der Waals surface area contributed by atoms with Crippen LogP contribution in [-0.2, 0) is 0 Å². The summed E-state index contributed by atoms with van der Waals surface area (Å²) in [4.78, 5) is 9.62. The average molecular weight is 676 g/mol. The summed E-state index contributed by atoms with van der Waals surface area (Å²) in [5.41, 5.74) is 13.8. The molecule has 0 bridgehead atoms. The first kappa shape index (κ1) is 28.5. The Morgan fingerprint density at radius 1 is 0.358 bits per heavy atom. The molecular formula is C48H29N5. The third kappa shape index (κ3) is 3.96. The topological polar surface area (TPSA) is 40.0 Å². The van der Waals surface area contributed by atoms with E-state index in [9.17, 15) is 0 Å². The Labute approximate surface area is 303 Å². The van der Waals surface area contributed by atoms with Gasteiger partial charge < -0.3 is 9.13 Å². The minimum absolute atomic E-state index is 0.723. The zero-order valence-electron chi connectivity index (χ0n) is 28.5. The largest absolute Gasteiger partial charge is 0.309 e. The molecule has 0 amide bonds. The van der Waals surface area contributed by atoms with Crippen LogP contribution >= 0.6 is 0 Å². The van der Waals surface area contributed by atoms with Crippen molar-refractivity contribution in [3.05, 3.63) is 176 Å². The van der Waals surface area contributed by atoms with Gasteiger partial charge in [-0.25, -0.2) is 9.97 Å². The van der Waals surface area contributed by atoms with Crippen molar-refractivity contribution < 1.29 is 0 Å². The lowest BCUT2D eigenvalue weighted by Gasteiger charge is -2.10. The summed E-state index contributed by atoms with van der Waals surface area (Å²) >= 11 is 0. The quantitative estimate of drug-likeness (QED) is 0.186. The predicted octanol–water partition coefficient (Wildman–Crippen LogP) is 12.0. The van der Waals surface area contributed by atoms with Gasteiger partial charge in [-0.3, -0.25) is 4.40 Å². The summed E-state index contributed by atoms with van der Waals surface area (Å²) in [6.07, 6.45) is 1.87. The summed E-state index contributed by atoms with van der Waals surface area (Å²) in [6.45, 7) is 0. The fourth-order valence-electron chi connectivity index (χ4n) is 8.76. The molecule has 0 radical (unpaired) electrons. The molecule has 0 fully saturated rings. The highest BCUT2D eigenvalue weighted by atomic mass is 15.1. The number of hydrogen-bond donors (Lipinski definition) is 0. The fraction of sp³-hybridized carbons (Fsp3) is 0. The minimum Gasteiger partial charge on any atom is -0.309 e. The van der Waals surface area contributed by atoms with E-state index in [0.717, 1.165) is 33.8 Å². The molecule has 0 saturated heterocycles. The summed E-state index contributed by atoms with van der Waals surface area (Å²) in [6, 6.07) is 61.3. The van der Waals surface area contributed by atoms with E-state index >= 15 is 0 Å². The Morgan fingerprint density at radius 2 is 0.925 bits per heavy atom. The van der Waals surface area contributed by atoms with Gasteiger partial charge in [-0.05, 0) is 77.9 Å². The van der Waals surface area contributed by atoms with Crippen LogP contribution in [0.5, 0.6) is 0 Å². The van der Waals surface area contributed by atoms with Gasteiger partial charge in [-0.2, -0.15) is 0 Å². The van der Waals surface area contributed by atoms with Crippen molar-refractivity contribution in [2.75, 3.05) is 0 Å². The smallest absolute Gasteiger partial charge is 0.235 e. The summed E-state index contributed by atoms with van der Waals surface area (Å²) in [7, 11) is 0. The van der Waals surface area contributed by atoms with Crippen molar-refractivity contribution >= 4 is 71.2 Å². The highest BCUT2D eigenvalue weighted by Crippen LogP contribution is 2.41. The molecule has 246 valence electrons. The van der Waals surface area contributed by atoms with Crippen molar-refractivity contribution in [3.8, 4) is 33.8 Å². The standard InChI is InChI=1S/C48H29N5/c1-3-11-30(12-4-1)46-47-37-22-21-34(29-40(37)45-25-26-49-48(50-46)53(45)47)52-42-18-10-8-16-36(42)39-28-32(20-24-44(39)52)31-19-23-43-38(27-31)35-15-7-9-17-41(35)51(43)33-13-5-2-6-14-33/h1-29H. The second-order valence-electron chi connectivity index (χ2n) is 13.9. The summed E-state index contributed by atoms with van der Waals surface area (Å²) < 4.78 is 6.99. The molecule has 5 heterocycles. The van der Waals surface area contributed by atoms with Gasteiger partial charge in [0.15, 0.2) is 0 Å². The molecule has 12 aromatic rings. The molecule has 0 aliphatic carbocycles. The van der Waals surface area contributed by atoms with Gasteiger partial charge in [0.1, 0.15) is 0 Å². The van der Waals surface area contributed by atoms with Crippen molar-refractivity contribution in [2.24, 2.45) is 0 Å². The average Bonchev–Trinajstić information content (AvgIpc) is 3.97. The van der Waals surface area contributed by atoms with E-state index < -0.39 is 0 Å². The van der Waals surface area contributed by atoms with Crippen LogP contribution < -0.4 is 0 Å². The molecule has 5 nitrogen and oxygen atoms in total. The van der Waals surface area contributed by atoms with Crippen molar-refractivity contribution in [2.45, 2.75) is 0 Å². The van der Waals surface area contributed by atoms with E-state index in [4.69, 9.17) is 4.98 Å². The zero-order chi connectivity index (χ0) is 34.6. The highest BCUT2D eigenvalue weighted by molar-refractivity contribution is 6.16. The summed E-state index contributed by atoms with van der Waals surface area (Å²) in [5, 5.41) is 7.35. The molecule has 0 aliphatic heterocycles. The van der Waals surface area contributed by atoms with Crippen LogP contribution in [0.4, 0.5) is 0 Å². The number of imidazole rings is 1. The maximum absolute atomic E-state index is 4.97. The van der Waals surface area contributed by atoms with Crippen LogP contribution in [0, 0.1) is 0 Å². The van der Waals surface area contributed by atoms with Gasteiger partial charge in [0.05, 0.1) is 38.8 Å². The second kappa shape index (κ2) is 10.6. The Balaban J connectivity index is 1.05. The first-order valence-corrected chi connectivity index (χ1v) is 18.0.